The summed E-state index contributed by atoms with van der Waals surface area (Å²) in [5, 5.41) is 9.21. The molecule has 8 heteroatoms. The summed E-state index contributed by atoms with van der Waals surface area (Å²) in [5.41, 5.74) is 1.24. The number of likely N-dealkylation sites (N-methyl/N-ethyl adjacent to an activating group) is 1. The Labute approximate surface area is 102 Å². The number of hydrazine groups is 1. The molecule has 5 nitrogen and oxygen atoms in total. The predicted molar refractivity (Wildman–Crippen MR) is 62.0 cm³/mol. The average molecular weight is 264 g/mol. The van der Waals surface area contributed by atoms with Crippen molar-refractivity contribution >= 4 is 11.6 Å². The first-order valence-corrected chi connectivity index (χ1v) is 5.19. The first-order chi connectivity index (χ1) is 8.24. The van der Waals surface area contributed by atoms with E-state index in [0.717, 1.165) is 12.1 Å². The maximum atomic E-state index is 12.6. The minimum atomic E-state index is -4.48. The molecule has 0 aliphatic carbocycles. The zero-order chi connectivity index (χ0) is 13.9. The molecule has 1 heterocycles. The van der Waals surface area contributed by atoms with E-state index in [1.165, 1.54) is 18.9 Å². The summed E-state index contributed by atoms with van der Waals surface area (Å²) >= 11 is 0. The smallest absolute Gasteiger partial charge is 0.392 e. The van der Waals surface area contributed by atoms with Crippen molar-refractivity contribution < 1.29 is 18.3 Å². The molecule has 0 fully saturated rings. The van der Waals surface area contributed by atoms with Crippen LogP contribution in [0, 0.1) is 0 Å². The fourth-order valence-electron chi connectivity index (χ4n) is 1.44. The fourth-order valence-corrected chi connectivity index (χ4v) is 1.44. The van der Waals surface area contributed by atoms with Crippen LogP contribution in [0.5, 0.6) is 0 Å². The average Bonchev–Trinajstić information content (AvgIpc) is 2.26. The van der Waals surface area contributed by atoms with Crippen molar-refractivity contribution in [2.75, 3.05) is 23.9 Å². The highest BCUT2D eigenvalue weighted by Gasteiger charge is 2.32. The molecule has 4 N–H and O–H groups in total. The molecule has 0 bridgehead atoms. The lowest BCUT2D eigenvalue weighted by Gasteiger charge is -2.21. The maximum absolute atomic E-state index is 12.6. The number of aromatic nitrogens is 1. The molecule has 1 aromatic rings. The molecule has 1 unspecified atom stereocenters. The monoisotopic (exact) mass is 264 g/mol. The number of anilines is 2. The minimum Gasteiger partial charge on any atom is -0.392 e. The zero-order valence-electron chi connectivity index (χ0n) is 9.99. The Kier molecular flexibility index (Phi) is 4.36. The third kappa shape index (κ3) is 3.74. The van der Waals surface area contributed by atoms with Gasteiger partial charge in [-0.3, -0.25) is 0 Å². The van der Waals surface area contributed by atoms with Gasteiger partial charge < -0.3 is 15.4 Å². The predicted octanol–water partition coefficient (Wildman–Crippen LogP) is 1.20. The summed E-state index contributed by atoms with van der Waals surface area (Å²) in [6.07, 6.45) is -5.16. The number of halogens is 3. The van der Waals surface area contributed by atoms with Crippen LogP contribution >= 0.6 is 0 Å². The number of pyridine rings is 1. The Morgan fingerprint density at radius 2 is 2.11 bits per heavy atom. The van der Waals surface area contributed by atoms with Crippen LogP contribution in [0.1, 0.15) is 12.5 Å². The van der Waals surface area contributed by atoms with Gasteiger partial charge in [-0.25, -0.2) is 10.8 Å². The van der Waals surface area contributed by atoms with Gasteiger partial charge in [0.2, 0.25) is 0 Å². The zero-order valence-corrected chi connectivity index (χ0v) is 9.99. The summed E-state index contributed by atoms with van der Waals surface area (Å²) < 4.78 is 37.9. The molecule has 0 aliphatic heterocycles. The molecule has 18 heavy (non-hydrogen) atoms. The topological polar surface area (TPSA) is 74.4 Å². The third-order valence-electron chi connectivity index (χ3n) is 2.22. The first-order valence-electron chi connectivity index (χ1n) is 5.19. The van der Waals surface area contributed by atoms with Crippen LogP contribution in [0.25, 0.3) is 0 Å². The Morgan fingerprint density at radius 3 is 2.56 bits per heavy atom. The molecule has 0 aromatic carbocycles. The van der Waals surface area contributed by atoms with Gasteiger partial charge in [-0.1, -0.05) is 0 Å². The molecule has 1 atom stereocenters. The van der Waals surface area contributed by atoms with Gasteiger partial charge in [0.05, 0.1) is 11.7 Å². The normalized spacial score (nSPS) is 13.3. The van der Waals surface area contributed by atoms with Crippen LogP contribution in [0.15, 0.2) is 12.1 Å². The number of aliphatic hydroxyl groups excluding tert-OH is 1. The SMILES string of the molecule is CC(O)CN(C)c1cc(C(F)(F)F)cc(NN)n1. The van der Waals surface area contributed by atoms with Crippen LogP contribution in [-0.4, -0.2) is 29.8 Å². The van der Waals surface area contributed by atoms with Crippen LogP contribution in [-0.2, 0) is 6.18 Å². The van der Waals surface area contributed by atoms with Crippen molar-refractivity contribution in [3.63, 3.8) is 0 Å². The van der Waals surface area contributed by atoms with Crippen LogP contribution in [0.3, 0.4) is 0 Å². The Morgan fingerprint density at radius 1 is 1.50 bits per heavy atom. The van der Waals surface area contributed by atoms with Crippen molar-refractivity contribution in [3.8, 4) is 0 Å². The van der Waals surface area contributed by atoms with E-state index < -0.39 is 17.8 Å². The van der Waals surface area contributed by atoms with Gasteiger partial charge in [0.15, 0.2) is 0 Å². The highest BCUT2D eigenvalue weighted by molar-refractivity contribution is 5.50. The van der Waals surface area contributed by atoms with E-state index in [4.69, 9.17) is 5.84 Å². The van der Waals surface area contributed by atoms with Crippen LogP contribution < -0.4 is 16.2 Å². The molecule has 0 saturated carbocycles. The number of rotatable bonds is 4. The standard InChI is InChI=1S/C10H15F3N4O/c1-6(18)5-17(2)9-4-7(10(11,12)13)3-8(15-9)16-14/h3-4,6,18H,5,14H2,1-2H3,(H,15,16). The van der Waals surface area contributed by atoms with Crippen molar-refractivity contribution in [3.05, 3.63) is 17.7 Å². The van der Waals surface area contributed by atoms with E-state index in [1.54, 1.807) is 0 Å². The second-order valence-electron chi connectivity index (χ2n) is 3.97. The van der Waals surface area contributed by atoms with E-state index in [9.17, 15) is 18.3 Å². The lowest BCUT2D eigenvalue weighted by atomic mass is 10.2. The van der Waals surface area contributed by atoms with Gasteiger partial charge in [-0.15, -0.1) is 0 Å². The second-order valence-corrected chi connectivity index (χ2v) is 3.97. The van der Waals surface area contributed by atoms with Gasteiger partial charge in [0.1, 0.15) is 11.6 Å². The van der Waals surface area contributed by atoms with E-state index in [-0.39, 0.29) is 18.2 Å². The highest BCUT2D eigenvalue weighted by Crippen LogP contribution is 2.32. The number of nitrogens with zero attached hydrogens (tertiary/aromatic N) is 2. The van der Waals surface area contributed by atoms with E-state index in [0.29, 0.717) is 0 Å². The van der Waals surface area contributed by atoms with Crippen molar-refractivity contribution in [1.29, 1.82) is 0 Å². The van der Waals surface area contributed by atoms with Gasteiger partial charge in [-0.05, 0) is 19.1 Å². The molecule has 0 spiro atoms. The molecule has 0 saturated heterocycles. The van der Waals surface area contributed by atoms with Crippen molar-refractivity contribution in [2.45, 2.75) is 19.2 Å². The highest BCUT2D eigenvalue weighted by atomic mass is 19.4. The molecule has 0 amide bonds. The number of hydrogen-bond acceptors (Lipinski definition) is 5. The summed E-state index contributed by atoms with van der Waals surface area (Å²) in [7, 11) is 1.54. The van der Waals surface area contributed by atoms with E-state index in [1.807, 2.05) is 0 Å². The molecular weight excluding hydrogens is 249 g/mol. The summed E-state index contributed by atoms with van der Waals surface area (Å²) in [4.78, 5) is 5.31. The minimum absolute atomic E-state index is 0.0821. The molecular formula is C10H15F3N4O. The van der Waals surface area contributed by atoms with Crippen LogP contribution in [0.4, 0.5) is 24.8 Å². The Hall–Kier alpha value is -1.54. The molecule has 102 valence electrons. The molecule has 0 aliphatic rings. The van der Waals surface area contributed by atoms with E-state index >= 15 is 0 Å². The van der Waals surface area contributed by atoms with Gasteiger partial charge in [-0.2, -0.15) is 13.2 Å². The number of aliphatic hydroxyl groups is 1. The second kappa shape index (κ2) is 5.40. The lowest BCUT2D eigenvalue weighted by molar-refractivity contribution is -0.137. The first kappa shape index (κ1) is 14.5. The molecule has 1 aromatic heterocycles. The largest absolute Gasteiger partial charge is 0.416 e. The summed E-state index contributed by atoms with van der Waals surface area (Å²) in [6, 6.07) is 1.73. The number of nitrogens with two attached hydrogens (primary N) is 1. The van der Waals surface area contributed by atoms with Gasteiger partial charge >= 0.3 is 6.18 Å². The summed E-state index contributed by atoms with van der Waals surface area (Å²) in [5.74, 6) is 5.08. The summed E-state index contributed by atoms with van der Waals surface area (Å²) in [6.45, 7) is 1.70. The quantitative estimate of drug-likeness (QED) is 0.563. The van der Waals surface area contributed by atoms with Gasteiger partial charge in [0.25, 0.3) is 0 Å². The fraction of sp³-hybridized carbons (Fsp3) is 0.500. The van der Waals surface area contributed by atoms with Crippen molar-refractivity contribution in [2.24, 2.45) is 5.84 Å². The Bertz CT molecular complexity index is 409. The number of nitrogens with one attached hydrogen (secondary N) is 1. The number of nitrogen functional groups attached to an aromatic ring is 1. The maximum Gasteiger partial charge on any atom is 0.416 e. The molecule has 1 rings (SSSR count). The molecule has 0 radical (unpaired) electrons. The number of hydrogen-bond donors (Lipinski definition) is 3. The van der Waals surface area contributed by atoms with E-state index in [2.05, 4.69) is 10.4 Å². The lowest BCUT2D eigenvalue weighted by Crippen LogP contribution is -2.28. The van der Waals surface area contributed by atoms with Gasteiger partial charge in [0, 0.05) is 13.6 Å². The van der Waals surface area contributed by atoms with Crippen LogP contribution in [0.2, 0.25) is 0 Å². The Balaban J connectivity index is 3.12. The van der Waals surface area contributed by atoms with Crippen molar-refractivity contribution in [1.82, 2.24) is 4.98 Å². The third-order valence-corrected chi connectivity index (χ3v) is 2.22. The number of alkyl halides is 3.